The maximum atomic E-state index is 12.5. The molecule has 0 spiro atoms. The van der Waals surface area contributed by atoms with Gasteiger partial charge in [0.2, 0.25) is 18.9 Å². The predicted octanol–water partition coefficient (Wildman–Crippen LogP) is 26.0. The Hall–Kier alpha value is -8.08. The van der Waals surface area contributed by atoms with Crippen molar-refractivity contribution in [1.29, 1.82) is 0 Å². The molecule has 5 N–H and O–H groups in total. The number of aliphatic hydroxyl groups is 2. The molecule has 9 atom stereocenters. The summed E-state index contributed by atoms with van der Waals surface area (Å²) in [6.07, 6.45) is 22.7. The topological polar surface area (TPSA) is 296 Å². The van der Waals surface area contributed by atoms with Crippen molar-refractivity contribution in [2.24, 2.45) is 61.6 Å². The zero-order valence-electron chi connectivity index (χ0n) is 85.9. The fourth-order valence-electron chi connectivity index (χ4n) is 18.5. The monoisotopic (exact) mass is 1850 g/mol. The second-order valence-corrected chi connectivity index (χ2v) is 43.9. The number of aromatic hydroxyl groups is 3. The molecule has 0 amide bonds. The number of cyclic esters (lactones) is 2. The van der Waals surface area contributed by atoms with Crippen LogP contribution in [0.1, 0.15) is 372 Å². The Labute approximate surface area is 799 Å². The first-order valence-corrected chi connectivity index (χ1v) is 49.9. The fraction of sp³-hybridized carbons (Fsp3) is 0.679. The summed E-state index contributed by atoms with van der Waals surface area (Å²) >= 11 is 0. The van der Waals surface area contributed by atoms with E-state index in [-0.39, 0.29) is 72.2 Å². The molecule has 21 heteroatoms. The van der Waals surface area contributed by atoms with Crippen molar-refractivity contribution in [3.8, 4) is 17.2 Å². The van der Waals surface area contributed by atoms with Gasteiger partial charge in [0.1, 0.15) is 36.1 Å². The SMILES string of the molecule is CCC(C)(C)C(=O)OC(Cc1ccccc1)OCc1ccccc1.CCC(C)(C)C(=O)OC(OC)C12CC3CC(CC(C3)C1)C2.CCC(C)(C)C(=O)OC(OC1CCCCC1)C(C)(C)C.CCC(C)(C)C(=O)OC12CC3CC(O)(CC(O)(C3)C1)C2.CCC(C)(C)C(=O)OCC1COC(=O)O1.CCC(C)c1ccc(O)cc1.CCC(C)c1ccc(O)cc1.CCC(C)c1ccc(O)cc1. The third kappa shape index (κ3) is 35.8. The van der Waals surface area contributed by atoms with Crippen LogP contribution in [0.3, 0.4) is 0 Å². The number of carbonyl (C=O) groups excluding carboxylic acids is 6. The Morgan fingerprint density at radius 1 is 0.451 bits per heavy atom. The summed E-state index contributed by atoms with van der Waals surface area (Å²) in [7, 11) is 1.70. The maximum absolute atomic E-state index is 12.5. The highest BCUT2D eigenvalue weighted by molar-refractivity contribution is 5.78. The van der Waals surface area contributed by atoms with Crippen LogP contribution < -0.4 is 0 Å². The molecule has 9 saturated carbocycles. The highest BCUT2D eigenvalue weighted by atomic mass is 16.8. The van der Waals surface area contributed by atoms with Gasteiger partial charge in [-0.25, -0.2) is 4.79 Å². The Morgan fingerprint density at radius 2 is 0.835 bits per heavy atom. The molecule has 1 saturated heterocycles. The van der Waals surface area contributed by atoms with Gasteiger partial charge in [-0.05, 0) is 297 Å². The second kappa shape index (κ2) is 51.4. The van der Waals surface area contributed by atoms with E-state index >= 15 is 0 Å². The fourth-order valence-corrected chi connectivity index (χ4v) is 18.5. The van der Waals surface area contributed by atoms with E-state index in [1.807, 2.05) is 201 Å². The zero-order chi connectivity index (χ0) is 99.1. The molecular weight excluding hydrogens is 1680 g/mol. The van der Waals surface area contributed by atoms with E-state index in [0.29, 0.717) is 73.7 Å². The standard InChI is InChI=1S/C21H26O3.C18H30O3.C17H32O3.C16H26O4.C10H16O5.3C10H14O/c1-4-21(2,3)20(22)24-19(15-17-11-7-5-8-12-17)23-16-18-13-9-6-10-14-18;1-5-17(2,3)15(19)21-16(20-4)18-9-12-6-13(10-18)8-14(7-12)11-18;1-7-17(5,6)14(18)20-15(16(2,3)4)19-13-11-9-8-10-12-13;1-4-13(2,3)12(17)20-16-7-11-5-14(18,9-16)8-15(19,6-11)10-16;1-4-10(2,3)8(11)13-5-7-6-14-9(12)15-7;3*1-3-8(2)9-4-6-10(11)7-5-9/h5-14,19H,4,15-16H2,1-3H3;12-14,16H,5-11H2,1-4H3;13,15H,7-12H2,1-6H3;11,18-19H,4-10H2,1-3H3;7H,4-6H2,1-3H3;3*4-8,11H,3H2,1-2H3. The molecule has 5 aromatic rings. The van der Waals surface area contributed by atoms with Gasteiger partial charge in [-0.15, -0.1) is 0 Å². The molecule has 133 heavy (non-hydrogen) atoms. The van der Waals surface area contributed by atoms with Gasteiger partial charge in [0, 0.05) is 43.6 Å². The van der Waals surface area contributed by atoms with Crippen molar-refractivity contribution in [3.63, 3.8) is 0 Å². The number of hydrogen-bond acceptors (Lipinski definition) is 21. The first-order chi connectivity index (χ1) is 62.3. The normalized spacial score (nSPS) is 24.0. The van der Waals surface area contributed by atoms with Crippen LogP contribution in [0.15, 0.2) is 133 Å². The van der Waals surface area contributed by atoms with Crippen LogP contribution in [0.5, 0.6) is 17.2 Å². The third-order valence-electron chi connectivity index (χ3n) is 29.3. The first kappa shape index (κ1) is 114. The lowest BCUT2D eigenvalue weighted by atomic mass is 9.49. The van der Waals surface area contributed by atoms with Crippen molar-refractivity contribution < 1.29 is 102 Å². The number of methoxy groups -OCH3 is 1. The molecule has 9 unspecified atom stereocenters. The Morgan fingerprint density at radius 3 is 1.20 bits per heavy atom. The number of phenolic OH excluding ortho intramolecular Hbond substituents is 3. The number of hydrogen-bond donors (Lipinski definition) is 5. The Bertz CT molecular complexity index is 4120. The lowest BCUT2D eigenvalue weighted by Gasteiger charge is -2.62. The van der Waals surface area contributed by atoms with Crippen molar-refractivity contribution in [1.82, 2.24) is 0 Å². The van der Waals surface area contributed by atoms with Gasteiger partial charge < -0.3 is 72.9 Å². The van der Waals surface area contributed by atoms with Crippen LogP contribution in [0, 0.1) is 61.6 Å². The van der Waals surface area contributed by atoms with Crippen molar-refractivity contribution in [2.75, 3.05) is 20.3 Å². The van der Waals surface area contributed by atoms with E-state index in [2.05, 4.69) is 67.1 Å². The number of carbonyl (C=O) groups is 6. The minimum Gasteiger partial charge on any atom is -0.508 e. The molecule has 10 aliphatic rings. The summed E-state index contributed by atoms with van der Waals surface area (Å²) in [5.41, 5.74) is 1.23. The third-order valence-corrected chi connectivity index (χ3v) is 29.3. The first-order valence-electron chi connectivity index (χ1n) is 49.9. The Kier molecular flexibility index (Phi) is 43.9. The second-order valence-electron chi connectivity index (χ2n) is 43.9. The van der Waals surface area contributed by atoms with Gasteiger partial charge in [0.15, 0.2) is 6.10 Å². The molecule has 0 radical (unpaired) electrons. The largest absolute Gasteiger partial charge is 0.508 e. The number of ether oxygens (including phenoxy) is 10. The van der Waals surface area contributed by atoms with Crippen LogP contribution in [0.2, 0.25) is 0 Å². The minimum atomic E-state index is -0.842. The van der Waals surface area contributed by atoms with E-state index in [1.165, 1.54) is 74.5 Å². The highest BCUT2D eigenvalue weighted by Crippen LogP contribution is 2.63. The van der Waals surface area contributed by atoms with Crippen molar-refractivity contribution >= 4 is 36.0 Å². The van der Waals surface area contributed by atoms with E-state index in [4.69, 9.17) is 58.0 Å². The molecular formula is C112H172O21. The number of esters is 5. The molecule has 15 rings (SSSR count). The lowest BCUT2D eigenvalue weighted by Crippen LogP contribution is -2.67. The van der Waals surface area contributed by atoms with Gasteiger partial charge in [0.05, 0.1) is 51.0 Å². The van der Waals surface area contributed by atoms with Crippen LogP contribution in [-0.2, 0) is 84.4 Å². The van der Waals surface area contributed by atoms with E-state index in [9.17, 15) is 39.0 Å². The summed E-state index contributed by atoms with van der Waals surface area (Å²) in [6, 6.07) is 42.1. The van der Waals surface area contributed by atoms with Gasteiger partial charge in [0.25, 0.3) is 0 Å². The average Bonchev–Trinajstić information content (AvgIpc) is 0.821. The molecule has 1 aliphatic heterocycles. The average molecular weight is 1850 g/mol. The molecule has 21 nitrogen and oxygen atoms in total. The molecule has 0 aromatic heterocycles. The van der Waals surface area contributed by atoms with Crippen LogP contribution in [-0.4, -0.2) is 130 Å². The number of benzene rings is 5. The predicted molar refractivity (Wildman–Crippen MR) is 524 cm³/mol. The van der Waals surface area contributed by atoms with Gasteiger partial charge in [-0.2, -0.15) is 0 Å². The Balaban J connectivity index is 0.000000237. The molecule has 5 aromatic carbocycles. The number of phenols is 3. The smallest absolute Gasteiger partial charge is 0.508 e. The summed E-state index contributed by atoms with van der Waals surface area (Å²) in [5, 5.41) is 48.3. The molecule has 746 valence electrons. The zero-order valence-corrected chi connectivity index (χ0v) is 85.9. The van der Waals surface area contributed by atoms with Gasteiger partial charge >= 0.3 is 36.0 Å². The molecule has 9 aliphatic carbocycles. The quantitative estimate of drug-likeness (QED) is 0.0156. The number of rotatable bonds is 31. The van der Waals surface area contributed by atoms with Gasteiger partial charge in [-0.1, -0.05) is 213 Å². The van der Waals surface area contributed by atoms with Crippen LogP contribution >= 0.6 is 0 Å². The van der Waals surface area contributed by atoms with Crippen molar-refractivity contribution in [2.45, 2.75) is 405 Å². The minimum absolute atomic E-state index is 0.0635. The van der Waals surface area contributed by atoms with E-state index in [1.54, 1.807) is 43.5 Å². The molecule has 1 heterocycles. The molecule has 8 bridgehead atoms. The summed E-state index contributed by atoms with van der Waals surface area (Å²) in [6.45, 7) is 48.8. The van der Waals surface area contributed by atoms with E-state index < -0.39 is 68.7 Å². The lowest BCUT2D eigenvalue weighted by molar-refractivity contribution is -0.264. The van der Waals surface area contributed by atoms with E-state index in [0.717, 1.165) is 106 Å². The van der Waals surface area contributed by atoms with Crippen LogP contribution in [0.25, 0.3) is 0 Å². The summed E-state index contributed by atoms with van der Waals surface area (Å²) in [4.78, 5) is 71.7. The highest BCUT2D eigenvalue weighted by Gasteiger charge is 2.65. The summed E-state index contributed by atoms with van der Waals surface area (Å²) < 4.78 is 55.2. The van der Waals surface area contributed by atoms with Gasteiger partial charge in [-0.3, -0.25) is 24.0 Å². The van der Waals surface area contributed by atoms with Crippen molar-refractivity contribution in [3.05, 3.63) is 161 Å². The molecule has 10 fully saturated rings. The maximum Gasteiger partial charge on any atom is 0.508 e. The van der Waals surface area contributed by atoms with Crippen LogP contribution in [0.4, 0.5) is 4.79 Å². The summed E-state index contributed by atoms with van der Waals surface area (Å²) in [5.74, 6) is 4.64.